The zero-order chi connectivity index (χ0) is 12.3. The summed E-state index contributed by atoms with van der Waals surface area (Å²) in [6.45, 7) is 2.12. The van der Waals surface area contributed by atoms with Gasteiger partial charge in [0.1, 0.15) is 5.75 Å². The molecule has 0 spiro atoms. The Morgan fingerprint density at radius 2 is 2.06 bits per heavy atom. The van der Waals surface area contributed by atoms with Gasteiger partial charge in [0.2, 0.25) is 0 Å². The Morgan fingerprint density at radius 3 is 2.71 bits per heavy atom. The van der Waals surface area contributed by atoms with E-state index < -0.39 is 0 Å². The highest BCUT2D eigenvalue weighted by molar-refractivity contribution is 9.10. The van der Waals surface area contributed by atoms with Gasteiger partial charge in [-0.15, -0.1) is 0 Å². The molecule has 1 fully saturated rings. The van der Waals surface area contributed by atoms with E-state index in [9.17, 15) is 0 Å². The van der Waals surface area contributed by atoms with Gasteiger partial charge in [0.05, 0.1) is 12.8 Å². The molecule has 0 aliphatic carbocycles. The highest BCUT2D eigenvalue weighted by Crippen LogP contribution is 2.34. The summed E-state index contributed by atoms with van der Waals surface area (Å²) in [5, 5.41) is 3.64. The Balaban J connectivity index is 2.18. The largest absolute Gasteiger partial charge is 0.495 e. The van der Waals surface area contributed by atoms with Crippen LogP contribution in [0, 0.1) is 6.92 Å². The summed E-state index contributed by atoms with van der Waals surface area (Å²) in [7, 11) is 1.73. The molecule has 1 aromatic carbocycles. The lowest BCUT2D eigenvalue weighted by Crippen LogP contribution is -2.25. The molecule has 0 amide bonds. The molecule has 1 heterocycles. The first-order chi connectivity index (χ1) is 8.20. The van der Waals surface area contributed by atoms with Crippen molar-refractivity contribution >= 4 is 33.4 Å². The Morgan fingerprint density at radius 1 is 1.35 bits per heavy atom. The van der Waals surface area contributed by atoms with Crippen LogP contribution in [-0.2, 0) is 0 Å². The first-order valence-corrected chi connectivity index (χ1v) is 7.84. The number of benzene rings is 1. The number of thioether (sulfide) groups is 1. The molecule has 0 aromatic heterocycles. The van der Waals surface area contributed by atoms with Gasteiger partial charge in [-0.25, -0.2) is 0 Å². The maximum Gasteiger partial charge on any atom is 0.143 e. The molecule has 1 N–H and O–H groups in total. The lowest BCUT2D eigenvalue weighted by Gasteiger charge is -2.25. The molecular weight excluding hydrogens is 298 g/mol. The number of aryl methyl sites for hydroxylation is 1. The van der Waals surface area contributed by atoms with Crippen molar-refractivity contribution in [2.24, 2.45) is 0 Å². The average molecular weight is 316 g/mol. The fourth-order valence-corrected chi connectivity index (χ4v) is 3.76. The summed E-state index contributed by atoms with van der Waals surface area (Å²) in [5.74, 6) is 3.44. The van der Waals surface area contributed by atoms with Crippen molar-refractivity contribution in [3.8, 4) is 5.75 Å². The van der Waals surface area contributed by atoms with E-state index >= 15 is 0 Å². The molecule has 1 saturated heterocycles. The molecule has 0 atom stereocenters. The molecule has 4 heteroatoms. The molecule has 1 aliphatic rings. The first kappa shape index (κ1) is 13.1. The number of hydrogen-bond acceptors (Lipinski definition) is 3. The van der Waals surface area contributed by atoms with Crippen LogP contribution in [0.5, 0.6) is 5.75 Å². The van der Waals surface area contributed by atoms with Crippen molar-refractivity contribution in [1.82, 2.24) is 0 Å². The summed E-state index contributed by atoms with van der Waals surface area (Å²) in [6, 6.07) is 4.74. The normalized spacial score (nSPS) is 16.9. The highest BCUT2D eigenvalue weighted by Gasteiger charge is 2.16. The van der Waals surface area contributed by atoms with Crippen LogP contribution in [0.2, 0.25) is 0 Å². The number of methoxy groups -OCH3 is 1. The zero-order valence-electron chi connectivity index (χ0n) is 10.3. The van der Waals surface area contributed by atoms with Crippen LogP contribution in [-0.4, -0.2) is 24.7 Å². The highest BCUT2D eigenvalue weighted by atomic mass is 79.9. The second kappa shape index (κ2) is 6.01. The Hall–Kier alpha value is -0.350. The van der Waals surface area contributed by atoms with Crippen molar-refractivity contribution < 1.29 is 4.74 Å². The van der Waals surface area contributed by atoms with Gasteiger partial charge < -0.3 is 10.1 Å². The van der Waals surface area contributed by atoms with Gasteiger partial charge >= 0.3 is 0 Å². The molecule has 0 saturated carbocycles. The average Bonchev–Trinajstić information content (AvgIpc) is 2.33. The van der Waals surface area contributed by atoms with Crippen LogP contribution >= 0.6 is 27.7 Å². The monoisotopic (exact) mass is 315 g/mol. The number of hydrogen-bond donors (Lipinski definition) is 1. The van der Waals surface area contributed by atoms with Crippen LogP contribution in [0.4, 0.5) is 5.69 Å². The molecule has 1 aromatic rings. The molecule has 0 unspecified atom stereocenters. The predicted molar refractivity (Wildman–Crippen MR) is 79.4 cm³/mol. The van der Waals surface area contributed by atoms with E-state index in [0.29, 0.717) is 6.04 Å². The predicted octanol–water partition coefficient (Wildman–Crippen LogP) is 4.07. The van der Waals surface area contributed by atoms with Crippen molar-refractivity contribution in [3.05, 3.63) is 22.2 Å². The number of rotatable bonds is 3. The van der Waals surface area contributed by atoms with Crippen LogP contribution in [0.15, 0.2) is 16.6 Å². The smallest absolute Gasteiger partial charge is 0.143 e. The number of ether oxygens (including phenoxy) is 1. The Bertz CT molecular complexity index is 391. The molecule has 0 radical (unpaired) electrons. The molecule has 94 valence electrons. The Labute approximate surface area is 116 Å². The third-order valence-corrected chi connectivity index (χ3v) is 4.56. The van der Waals surface area contributed by atoms with Crippen molar-refractivity contribution in [2.45, 2.75) is 25.8 Å². The van der Waals surface area contributed by atoms with Gasteiger partial charge in [0.25, 0.3) is 0 Å². The lowest BCUT2D eigenvalue weighted by molar-refractivity contribution is 0.415. The summed E-state index contributed by atoms with van der Waals surface area (Å²) in [6.07, 6.45) is 2.48. The number of nitrogens with one attached hydrogen (secondary N) is 1. The van der Waals surface area contributed by atoms with Crippen LogP contribution in [0.1, 0.15) is 18.4 Å². The van der Waals surface area contributed by atoms with E-state index in [-0.39, 0.29) is 0 Å². The second-order valence-corrected chi connectivity index (χ2v) is 6.47. The number of anilines is 1. The minimum atomic E-state index is 0.588. The molecule has 2 rings (SSSR count). The second-order valence-electron chi connectivity index (χ2n) is 4.33. The maximum atomic E-state index is 5.45. The summed E-state index contributed by atoms with van der Waals surface area (Å²) in [4.78, 5) is 0. The van der Waals surface area contributed by atoms with Crippen molar-refractivity contribution in [1.29, 1.82) is 0 Å². The van der Waals surface area contributed by atoms with Gasteiger partial charge in [0, 0.05) is 10.5 Å². The third-order valence-electron chi connectivity index (χ3n) is 3.05. The van der Waals surface area contributed by atoms with E-state index in [1.807, 2.05) is 17.8 Å². The van der Waals surface area contributed by atoms with E-state index in [2.05, 4.69) is 34.2 Å². The molecule has 0 bridgehead atoms. The van der Waals surface area contributed by atoms with Crippen molar-refractivity contribution in [3.63, 3.8) is 0 Å². The van der Waals surface area contributed by atoms with Gasteiger partial charge in [-0.1, -0.05) is 15.9 Å². The van der Waals surface area contributed by atoms with Crippen molar-refractivity contribution in [2.75, 3.05) is 23.9 Å². The number of halogens is 1. The fourth-order valence-electron chi connectivity index (χ4n) is 2.10. The van der Waals surface area contributed by atoms with Gasteiger partial charge in [0.15, 0.2) is 0 Å². The quantitative estimate of drug-likeness (QED) is 0.908. The minimum absolute atomic E-state index is 0.588. The Kier molecular flexibility index (Phi) is 4.62. The third kappa shape index (κ3) is 3.32. The molecule has 17 heavy (non-hydrogen) atoms. The molecule has 2 nitrogen and oxygen atoms in total. The molecule has 1 aliphatic heterocycles. The zero-order valence-corrected chi connectivity index (χ0v) is 12.7. The molecular formula is C13H18BrNOS. The van der Waals surface area contributed by atoms with E-state index in [1.54, 1.807) is 7.11 Å². The van der Waals surface area contributed by atoms with E-state index in [1.165, 1.54) is 29.9 Å². The minimum Gasteiger partial charge on any atom is -0.495 e. The van der Waals surface area contributed by atoms with Crippen LogP contribution < -0.4 is 10.1 Å². The fraction of sp³-hybridized carbons (Fsp3) is 0.538. The lowest BCUT2D eigenvalue weighted by atomic mass is 10.1. The van der Waals surface area contributed by atoms with E-state index in [4.69, 9.17) is 4.74 Å². The maximum absolute atomic E-state index is 5.45. The summed E-state index contributed by atoms with van der Waals surface area (Å²) in [5.41, 5.74) is 2.38. The summed E-state index contributed by atoms with van der Waals surface area (Å²) < 4.78 is 6.52. The van der Waals surface area contributed by atoms with Gasteiger partial charge in [-0.2, -0.15) is 11.8 Å². The topological polar surface area (TPSA) is 21.3 Å². The first-order valence-electron chi connectivity index (χ1n) is 5.89. The standard InChI is InChI=1S/C13H18BrNOS/c1-9-7-10(14)8-12(16-2)13(9)15-11-3-5-17-6-4-11/h7-8,11,15H,3-6H2,1-2H3. The van der Waals surface area contributed by atoms with Gasteiger partial charge in [-0.05, 0) is 49.0 Å². The summed E-state index contributed by atoms with van der Waals surface area (Å²) >= 11 is 5.55. The SMILES string of the molecule is COc1cc(Br)cc(C)c1NC1CCSCC1. The van der Waals surface area contributed by atoms with Crippen LogP contribution in [0.3, 0.4) is 0 Å². The van der Waals surface area contributed by atoms with Gasteiger partial charge in [-0.3, -0.25) is 0 Å². The van der Waals surface area contributed by atoms with Crippen LogP contribution in [0.25, 0.3) is 0 Å². The van der Waals surface area contributed by atoms with E-state index in [0.717, 1.165) is 15.9 Å².